The predicted octanol–water partition coefficient (Wildman–Crippen LogP) is 4.03. The lowest BCUT2D eigenvalue weighted by molar-refractivity contribution is -0.131. The van der Waals surface area contributed by atoms with Crippen LogP contribution in [0.25, 0.3) is 10.9 Å². The Morgan fingerprint density at radius 3 is 2.47 bits per heavy atom. The highest BCUT2D eigenvalue weighted by Gasteiger charge is 2.29. The Bertz CT molecular complexity index is 1190. The molecule has 1 heterocycles. The molecule has 3 N–H and O–H groups in total. The first-order valence-electron chi connectivity index (χ1n) is 11.1. The van der Waals surface area contributed by atoms with Crippen LogP contribution in [0.15, 0.2) is 42.5 Å². The number of hydrogen-bond acceptors (Lipinski definition) is 7. The van der Waals surface area contributed by atoms with Crippen LogP contribution in [0, 0.1) is 12.3 Å². The van der Waals surface area contributed by atoms with Crippen LogP contribution in [0.1, 0.15) is 42.4 Å². The molecule has 8 heteroatoms. The summed E-state index contributed by atoms with van der Waals surface area (Å²) in [5.41, 5.74) is 8.06. The summed E-state index contributed by atoms with van der Waals surface area (Å²) in [6, 6.07) is 12.8. The molecule has 0 atom stereocenters. The van der Waals surface area contributed by atoms with E-state index in [9.17, 15) is 9.59 Å². The average molecular weight is 466 g/mol. The van der Waals surface area contributed by atoms with Gasteiger partial charge >= 0.3 is 5.97 Å². The van der Waals surface area contributed by atoms with Crippen LogP contribution in [0.3, 0.4) is 0 Å². The zero-order valence-electron chi connectivity index (χ0n) is 20.2. The Morgan fingerprint density at radius 2 is 1.82 bits per heavy atom. The molecule has 8 nitrogen and oxygen atoms in total. The molecule has 0 bridgehead atoms. The molecule has 1 aromatic heterocycles. The van der Waals surface area contributed by atoms with E-state index in [0.717, 1.165) is 11.3 Å². The van der Waals surface area contributed by atoms with E-state index in [2.05, 4.69) is 10.3 Å². The summed E-state index contributed by atoms with van der Waals surface area (Å²) in [6.45, 7) is 7.77. The molecule has 3 aromatic rings. The summed E-state index contributed by atoms with van der Waals surface area (Å²) in [4.78, 5) is 29.8. The van der Waals surface area contributed by atoms with Gasteiger partial charge in [0.2, 0.25) is 5.91 Å². The molecule has 0 aliphatic rings. The quantitative estimate of drug-likeness (QED) is 0.459. The van der Waals surface area contributed by atoms with Gasteiger partial charge in [0.15, 0.2) is 0 Å². The minimum Gasteiger partial charge on any atom is -0.497 e. The van der Waals surface area contributed by atoms with Crippen LogP contribution in [-0.2, 0) is 16.1 Å². The number of aromatic nitrogens is 1. The normalized spacial score (nSPS) is 11.2. The van der Waals surface area contributed by atoms with Gasteiger partial charge in [0.05, 0.1) is 41.4 Å². The van der Waals surface area contributed by atoms with E-state index >= 15 is 0 Å². The zero-order valence-corrected chi connectivity index (χ0v) is 20.2. The first-order chi connectivity index (χ1) is 16.2. The minimum absolute atomic E-state index is 0.0998. The zero-order chi connectivity index (χ0) is 24.9. The standard InChI is InChI=1S/C26H31N3O5/c1-6-33-24(30)21-16(2)29-19-8-7-9-20(22(19)23(21)27)34-15-26(3,4)25(31)28-14-17-10-12-18(32-5)13-11-17/h7-13H,6,14-15H2,1-5H3,(H2,27,29)(H,28,31). The Balaban J connectivity index is 1.76. The number of benzene rings is 2. The van der Waals surface area contributed by atoms with Gasteiger partial charge in [-0.05, 0) is 57.5 Å². The van der Waals surface area contributed by atoms with Crippen molar-refractivity contribution >= 4 is 28.5 Å². The second-order valence-corrected chi connectivity index (χ2v) is 8.56. The highest BCUT2D eigenvalue weighted by Crippen LogP contribution is 2.34. The number of pyridine rings is 1. The second-order valence-electron chi connectivity index (χ2n) is 8.56. The van der Waals surface area contributed by atoms with Gasteiger partial charge in [-0.3, -0.25) is 9.78 Å². The Kier molecular flexibility index (Phi) is 7.61. The SMILES string of the molecule is CCOC(=O)c1c(C)nc2cccc(OCC(C)(C)C(=O)NCc3ccc(OC)cc3)c2c1N. The van der Waals surface area contributed by atoms with Gasteiger partial charge < -0.3 is 25.3 Å². The van der Waals surface area contributed by atoms with Crippen LogP contribution in [0.2, 0.25) is 0 Å². The first kappa shape index (κ1) is 24.8. The number of nitrogens with two attached hydrogens (primary N) is 1. The summed E-state index contributed by atoms with van der Waals surface area (Å²) in [5.74, 6) is 0.524. The number of nitrogens with one attached hydrogen (secondary N) is 1. The third-order valence-electron chi connectivity index (χ3n) is 5.49. The smallest absolute Gasteiger partial charge is 0.342 e. The van der Waals surface area contributed by atoms with Crippen molar-refractivity contribution in [3.05, 3.63) is 59.3 Å². The van der Waals surface area contributed by atoms with Gasteiger partial charge in [-0.1, -0.05) is 18.2 Å². The molecule has 0 fully saturated rings. The van der Waals surface area contributed by atoms with Crippen LogP contribution in [0.4, 0.5) is 5.69 Å². The van der Waals surface area contributed by atoms with Gasteiger partial charge in [-0.25, -0.2) is 4.79 Å². The van der Waals surface area contributed by atoms with Crippen molar-refractivity contribution in [1.82, 2.24) is 10.3 Å². The Hall–Kier alpha value is -3.81. The monoisotopic (exact) mass is 465 g/mol. The van der Waals surface area contributed by atoms with Crippen molar-refractivity contribution < 1.29 is 23.8 Å². The molecule has 0 saturated heterocycles. The number of methoxy groups -OCH3 is 1. The maximum Gasteiger partial charge on any atom is 0.342 e. The number of hydrogen-bond donors (Lipinski definition) is 2. The molecule has 0 aliphatic heterocycles. The van der Waals surface area contributed by atoms with E-state index in [1.807, 2.05) is 24.3 Å². The van der Waals surface area contributed by atoms with Crippen molar-refractivity contribution in [2.75, 3.05) is 26.1 Å². The van der Waals surface area contributed by atoms with Crippen molar-refractivity contribution in [1.29, 1.82) is 0 Å². The third-order valence-corrected chi connectivity index (χ3v) is 5.49. The van der Waals surface area contributed by atoms with E-state index < -0.39 is 11.4 Å². The topological polar surface area (TPSA) is 113 Å². The molecule has 34 heavy (non-hydrogen) atoms. The molecule has 1 amide bonds. The van der Waals surface area contributed by atoms with E-state index in [-0.39, 0.29) is 30.4 Å². The van der Waals surface area contributed by atoms with E-state index in [1.54, 1.807) is 53.0 Å². The van der Waals surface area contributed by atoms with Crippen molar-refractivity contribution in [3.63, 3.8) is 0 Å². The Labute approximate surface area is 199 Å². The van der Waals surface area contributed by atoms with Gasteiger partial charge in [0.25, 0.3) is 0 Å². The fraction of sp³-hybridized carbons (Fsp3) is 0.346. The van der Waals surface area contributed by atoms with Crippen LogP contribution in [0.5, 0.6) is 11.5 Å². The molecule has 0 saturated carbocycles. The molecule has 0 aliphatic carbocycles. The number of esters is 1. The molecule has 180 valence electrons. The minimum atomic E-state index is -0.828. The number of fused-ring (bicyclic) bond motifs is 1. The summed E-state index contributed by atoms with van der Waals surface area (Å²) in [5, 5.41) is 3.47. The number of carbonyl (C=O) groups excluding carboxylic acids is 2. The molecule has 3 rings (SSSR count). The number of amides is 1. The number of aryl methyl sites for hydroxylation is 1. The van der Waals surface area contributed by atoms with Gasteiger partial charge in [-0.15, -0.1) is 0 Å². The van der Waals surface area contributed by atoms with Crippen molar-refractivity contribution in [2.24, 2.45) is 5.41 Å². The maximum absolute atomic E-state index is 12.9. The predicted molar refractivity (Wildman–Crippen MR) is 131 cm³/mol. The second kappa shape index (κ2) is 10.4. The van der Waals surface area contributed by atoms with Crippen molar-refractivity contribution in [3.8, 4) is 11.5 Å². The van der Waals surface area contributed by atoms with Crippen LogP contribution >= 0.6 is 0 Å². The van der Waals surface area contributed by atoms with E-state index in [1.165, 1.54) is 0 Å². The van der Waals surface area contributed by atoms with Crippen LogP contribution < -0.4 is 20.5 Å². The Morgan fingerprint density at radius 1 is 1.12 bits per heavy atom. The fourth-order valence-electron chi connectivity index (χ4n) is 3.51. The third kappa shape index (κ3) is 5.39. The van der Waals surface area contributed by atoms with Crippen LogP contribution in [-0.4, -0.2) is 37.2 Å². The van der Waals surface area contributed by atoms with E-state index in [4.69, 9.17) is 19.9 Å². The summed E-state index contributed by atoms with van der Waals surface area (Å²) < 4.78 is 16.4. The molecule has 0 unspecified atom stereocenters. The molecular formula is C26H31N3O5. The first-order valence-corrected chi connectivity index (χ1v) is 11.1. The fourth-order valence-corrected chi connectivity index (χ4v) is 3.51. The lowest BCUT2D eigenvalue weighted by atomic mass is 9.93. The number of carbonyl (C=O) groups is 2. The maximum atomic E-state index is 12.9. The number of rotatable bonds is 9. The summed E-state index contributed by atoms with van der Waals surface area (Å²) >= 11 is 0. The molecule has 0 radical (unpaired) electrons. The van der Waals surface area contributed by atoms with Gasteiger partial charge in [0.1, 0.15) is 23.7 Å². The number of ether oxygens (including phenoxy) is 3. The number of nitrogens with zero attached hydrogens (tertiary/aromatic N) is 1. The molecule has 2 aromatic carbocycles. The van der Waals surface area contributed by atoms with Crippen molar-refractivity contribution in [2.45, 2.75) is 34.2 Å². The number of anilines is 1. The highest BCUT2D eigenvalue weighted by molar-refractivity contribution is 6.07. The highest BCUT2D eigenvalue weighted by atomic mass is 16.5. The number of nitrogen functional groups attached to an aromatic ring is 1. The average Bonchev–Trinajstić information content (AvgIpc) is 2.81. The molecular weight excluding hydrogens is 434 g/mol. The largest absolute Gasteiger partial charge is 0.497 e. The lowest BCUT2D eigenvalue weighted by Crippen LogP contribution is -2.40. The summed E-state index contributed by atoms with van der Waals surface area (Å²) in [6.07, 6.45) is 0. The molecule has 0 spiro atoms. The lowest BCUT2D eigenvalue weighted by Gasteiger charge is -2.24. The van der Waals surface area contributed by atoms with Gasteiger partial charge in [0, 0.05) is 6.54 Å². The van der Waals surface area contributed by atoms with E-state index in [0.29, 0.717) is 28.9 Å². The summed E-state index contributed by atoms with van der Waals surface area (Å²) in [7, 11) is 1.61. The van der Waals surface area contributed by atoms with Gasteiger partial charge in [-0.2, -0.15) is 0 Å².